The lowest BCUT2D eigenvalue weighted by molar-refractivity contribution is 1.25. The van der Waals surface area contributed by atoms with Crippen LogP contribution in [0, 0.1) is 5.41 Å². The van der Waals surface area contributed by atoms with Gasteiger partial charge in [-0.15, -0.1) is 11.8 Å². The maximum atomic E-state index is 6.98. The van der Waals surface area contributed by atoms with Crippen LogP contribution in [0.15, 0.2) is 16.3 Å². The lowest BCUT2D eigenvalue weighted by Crippen LogP contribution is -1.86. The lowest BCUT2D eigenvalue weighted by atomic mass is 10.3. The van der Waals surface area contributed by atoms with Crippen molar-refractivity contribution in [3.63, 3.8) is 0 Å². The molecule has 1 N–H and O–H groups in total. The van der Waals surface area contributed by atoms with E-state index in [2.05, 4.69) is 4.99 Å². The van der Waals surface area contributed by atoms with Gasteiger partial charge in [-0.05, 0) is 32.6 Å². The van der Waals surface area contributed by atoms with E-state index in [1.807, 2.05) is 27.0 Å². The highest BCUT2D eigenvalue weighted by Crippen LogP contribution is 2.06. The van der Waals surface area contributed by atoms with Gasteiger partial charge in [0.2, 0.25) is 0 Å². The van der Waals surface area contributed by atoms with Gasteiger partial charge in [-0.25, -0.2) is 0 Å². The second-order valence-corrected chi connectivity index (χ2v) is 3.25. The predicted octanol–water partition coefficient (Wildman–Crippen LogP) is 2.71. The Morgan fingerprint density at radius 1 is 1.36 bits per heavy atom. The molecule has 0 spiro atoms. The van der Waals surface area contributed by atoms with E-state index in [-0.39, 0.29) is 0 Å². The molecule has 0 fully saturated rings. The molecule has 0 aliphatic rings. The van der Waals surface area contributed by atoms with Crippen LogP contribution in [-0.2, 0) is 0 Å². The number of allylic oxidation sites excluding steroid dienone is 2. The summed E-state index contributed by atoms with van der Waals surface area (Å²) in [6, 6.07) is 0. The van der Waals surface area contributed by atoms with Gasteiger partial charge in [0.05, 0.1) is 5.04 Å². The standard InChI is InChI=1S/C8H14N2S/c1-6(5-9)7(2)10-8(3)11-4/h5,9H,1-4H3/b7-6+,9-5?,10-8?. The van der Waals surface area contributed by atoms with Gasteiger partial charge >= 0.3 is 0 Å². The molecule has 11 heavy (non-hydrogen) atoms. The van der Waals surface area contributed by atoms with Gasteiger partial charge in [-0.3, -0.25) is 4.99 Å². The Hall–Kier alpha value is -0.570. The van der Waals surface area contributed by atoms with Gasteiger partial charge in [-0.1, -0.05) is 0 Å². The lowest BCUT2D eigenvalue weighted by Gasteiger charge is -1.97. The fourth-order valence-electron chi connectivity index (χ4n) is 0.474. The van der Waals surface area contributed by atoms with Gasteiger partial charge in [-0.2, -0.15) is 0 Å². The highest BCUT2D eigenvalue weighted by atomic mass is 32.2. The zero-order valence-corrected chi connectivity index (χ0v) is 8.25. The van der Waals surface area contributed by atoms with Crippen LogP contribution in [0.3, 0.4) is 0 Å². The first-order valence-corrected chi connectivity index (χ1v) is 4.61. The first-order valence-electron chi connectivity index (χ1n) is 3.39. The van der Waals surface area contributed by atoms with Gasteiger partial charge in [0, 0.05) is 11.9 Å². The fourth-order valence-corrected chi connectivity index (χ4v) is 0.703. The summed E-state index contributed by atoms with van der Waals surface area (Å²) in [5.74, 6) is 0. The predicted molar refractivity (Wildman–Crippen MR) is 53.8 cm³/mol. The summed E-state index contributed by atoms with van der Waals surface area (Å²) in [6.07, 6.45) is 3.32. The number of thioether (sulfide) groups is 1. The van der Waals surface area contributed by atoms with Crippen molar-refractivity contribution < 1.29 is 0 Å². The van der Waals surface area contributed by atoms with Crippen molar-refractivity contribution in [2.45, 2.75) is 20.8 Å². The van der Waals surface area contributed by atoms with Crippen LogP contribution in [0.4, 0.5) is 0 Å². The average Bonchev–Trinajstić information content (AvgIpc) is 2.02. The number of nitrogens with one attached hydrogen (secondary N) is 1. The summed E-state index contributed by atoms with van der Waals surface area (Å²) in [4.78, 5) is 4.27. The van der Waals surface area contributed by atoms with Gasteiger partial charge in [0.15, 0.2) is 0 Å². The molecule has 62 valence electrons. The third-order valence-electron chi connectivity index (χ3n) is 1.41. The molecule has 0 unspecified atom stereocenters. The van der Waals surface area contributed by atoms with Crippen molar-refractivity contribution in [1.82, 2.24) is 0 Å². The smallest absolute Gasteiger partial charge is 0.0700 e. The zero-order chi connectivity index (χ0) is 8.85. The second-order valence-electron chi connectivity index (χ2n) is 2.25. The van der Waals surface area contributed by atoms with E-state index in [0.29, 0.717) is 0 Å². The van der Waals surface area contributed by atoms with Crippen molar-refractivity contribution in [2.75, 3.05) is 6.26 Å². The second kappa shape index (κ2) is 5.13. The Bertz CT molecular complexity index is 204. The molecule has 0 rings (SSSR count). The number of hydrogen-bond donors (Lipinski definition) is 1. The van der Waals surface area contributed by atoms with E-state index >= 15 is 0 Å². The van der Waals surface area contributed by atoms with Crippen molar-refractivity contribution >= 4 is 23.0 Å². The summed E-state index contributed by atoms with van der Waals surface area (Å²) in [5.41, 5.74) is 1.84. The summed E-state index contributed by atoms with van der Waals surface area (Å²) in [6.45, 7) is 5.77. The summed E-state index contributed by atoms with van der Waals surface area (Å²) in [7, 11) is 0. The van der Waals surface area contributed by atoms with Crippen molar-refractivity contribution in [1.29, 1.82) is 5.41 Å². The molecular formula is C8H14N2S. The minimum absolute atomic E-state index is 0.915. The van der Waals surface area contributed by atoms with Gasteiger partial charge in [0.25, 0.3) is 0 Å². The Kier molecular flexibility index (Phi) is 4.86. The molecule has 0 bridgehead atoms. The van der Waals surface area contributed by atoms with E-state index in [0.717, 1.165) is 16.3 Å². The monoisotopic (exact) mass is 170 g/mol. The normalized spacial score (nSPS) is 14.4. The zero-order valence-electron chi connectivity index (χ0n) is 7.43. The maximum absolute atomic E-state index is 6.98. The van der Waals surface area contributed by atoms with Crippen LogP contribution < -0.4 is 0 Å². The molecule has 0 aliphatic heterocycles. The number of hydrogen-bond acceptors (Lipinski definition) is 3. The highest BCUT2D eigenvalue weighted by Gasteiger charge is 1.91. The first kappa shape index (κ1) is 10.4. The largest absolute Gasteiger partial charge is 0.308 e. The Morgan fingerprint density at radius 2 is 1.91 bits per heavy atom. The molecule has 0 heterocycles. The average molecular weight is 170 g/mol. The summed E-state index contributed by atoms with van der Waals surface area (Å²) < 4.78 is 0. The molecular weight excluding hydrogens is 156 g/mol. The van der Waals surface area contributed by atoms with Crippen LogP contribution >= 0.6 is 11.8 Å². The molecule has 0 aromatic heterocycles. The number of aliphatic imine (C=N–C) groups is 1. The van der Waals surface area contributed by atoms with Crippen LogP contribution in [0.25, 0.3) is 0 Å². The first-order chi connectivity index (χ1) is 5.11. The van der Waals surface area contributed by atoms with Gasteiger partial charge < -0.3 is 5.41 Å². The number of rotatable bonds is 2. The van der Waals surface area contributed by atoms with Crippen LogP contribution in [0.5, 0.6) is 0 Å². The van der Waals surface area contributed by atoms with Crippen LogP contribution in [-0.4, -0.2) is 17.5 Å². The van der Waals surface area contributed by atoms with E-state index in [9.17, 15) is 0 Å². The van der Waals surface area contributed by atoms with Crippen LogP contribution in [0.1, 0.15) is 20.8 Å². The Balaban J connectivity index is 4.49. The summed E-state index contributed by atoms with van der Waals surface area (Å²) >= 11 is 1.62. The van der Waals surface area contributed by atoms with Crippen LogP contribution in [0.2, 0.25) is 0 Å². The summed E-state index contributed by atoms with van der Waals surface area (Å²) in [5, 5.41) is 8.01. The molecule has 0 radical (unpaired) electrons. The topological polar surface area (TPSA) is 36.2 Å². The Labute approximate surface area is 72.3 Å². The minimum Gasteiger partial charge on any atom is -0.308 e. The van der Waals surface area contributed by atoms with Crippen molar-refractivity contribution in [2.24, 2.45) is 4.99 Å². The minimum atomic E-state index is 0.915. The SMILES string of the molecule is CSC(C)=N/C(C)=C(\C)C=N. The highest BCUT2D eigenvalue weighted by molar-refractivity contribution is 8.13. The molecule has 0 atom stereocenters. The van der Waals surface area contributed by atoms with E-state index in [4.69, 9.17) is 5.41 Å². The fraction of sp³-hybridized carbons (Fsp3) is 0.500. The third-order valence-corrected chi connectivity index (χ3v) is 2.09. The van der Waals surface area contributed by atoms with Gasteiger partial charge in [0.1, 0.15) is 0 Å². The molecule has 0 saturated heterocycles. The maximum Gasteiger partial charge on any atom is 0.0700 e. The molecule has 0 aromatic carbocycles. The molecule has 0 saturated carbocycles. The molecule has 0 amide bonds. The van der Waals surface area contributed by atoms with E-state index in [1.54, 1.807) is 11.8 Å². The van der Waals surface area contributed by atoms with Crippen molar-refractivity contribution in [3.05, 3.63) is 11.3 Å². The molecule has 2 nitrogen and oxygen atoms in total. The van der Waals surface area contributed by atoms with E-state index in [1.165, 1.54) is 6.21 Å². The Morgan fingerprint density at radius 3 is 2.27 bits per heavy atom. The third kappa shape index (κ3) is 3.98. The van der Waals surface area contributed by atoms with E-state index < -0.39 is 0 Å². The molecule has 0 aromatic rings. The van der Waals surface area contributed by atoms with Crippen molar-refractivity contribution in [3.8, 4) is 0 Å². The molecule has 0 aliphatic carbocycles. The number of nitrogens with zero attached hydrogens (tertiary/aromatic N) is 1. The quantitative estimate of drug-likeness (QED) is 0.502. The molecule has 3 heteroatoms.